The van der Waals surface area contributed by atoms with Crippen LogP contribution >= 0.6 is 34.4 Å². The van der Waals surface area contributed by atoms with Gasteiger partial charge in [0.05, 0.1) is 14.7 Å². The lowest BCUT2D eigenvalue weighted by Gasteiger charge is -2.07. The minimum Gasteiger partial charge on any atom is -0.489 e. The van der Waals surface area contributed by atoms with Crippen LogP contribution in [0.25, 0.3) is 0 Å². The zero-order chi connectivity index (χ0) is 9.26. The van der Waals surface area contributed by atoms with Crippen LogP contribution in [0.1, 0.15) is 12.8 Å². The van der Waals surface area contributed by atoms with E-state index in [9.17, 15) is 0 Å². The number of hydrogen-bond donors (Lipinski definition) is 0. The average molecular weight is 307 g/mol. The summed E-state index contributed by atoms with van der Waals surface area (Å²) < 4.78 is 6.84. The Kier molecular flexibility index (Phi) is 2.98. The molecule has 4 heteroatoms. The van der Waals surface area contributed by atoms with Crippen molar-refractivity contribution in [2.75, 3.05) is 6.26 Å². The van der Waals surface area contributed by atoms with Gasteiger partial charge in [-0.25, -0.2) is 4.98 Å². The molecule has 1 fully saturated rings. The minimum atomic E-state index is 0.464. The zero-order valence-electron chi connectivity index (χ0n) is 7.29. The Labute approximate surface area is 95.6 Å². The van der Waals surface area contributed by atoms with E-state index in [4.69, 9.17) is 4.74 Å². The van der Waals surface area contributed by atoms with E-state index in [2.05, 4.69) is 27.6 Å². The molecule has 1 aromatic heterocycles. The van der Waals surface area contributed by atoms with Gasteiger partial charge in [-0.05, 0) is 41.7 Å². The van der Waals surface area contributed by atoms with E-state index in [0.29, 0.717) is 6.10 Å². The van der Waals surface area contributed by atoms with Gasteiger partial charge in [0, 0.05) is 12.3 Å². The Hall–Kier alpha value is 0.0300. The van der Waals surface area contributed by atoms with Gasteiger partial charge < -0.3 is 4.74 Å². The molecule has 1 heterocycles. The number of nitrogens with zero attached hydrogens (tertiary/aromatic N) is 1. The highest BCUT2D eigenvalue weighted by molar-refractivity contribution is 14.1. The number of rotatable bonds is 3. The van der Waals surface area contributed by atoms with Gasteiger partial charge in [0.2, 0.25) is 0 Å². The molecule has 0 amide bonds. The van der Waals surface area contributed by atoms with E-state index in [0.717, 1.165) is 14.3 Å². The molecular weight excluding hydrogens is 297 g/mol. The molecule has 0 spiro atoms. The molecule has 70 valence electrons. The number of thioether (sulfide) groups is 1. The van der Waals surface area contributed by atoms with Crippen molar-refractivity contribution in [2.24, 2.45) is 0 Å². The van der Waals surface area contributed by atoms with Crippen LogP contribution in [0.3, 0.4) is 0 Å². The van der Waals surface area contributed by atoms with Gasteiger partial charge in [0.1, 0.15) is 5.75 Å². The van der Waals surface area contributed by atoms with E-state index < -0.39 is 0 Å². The highest BCUT2D eigenvalue weighted by Crippen LogP contribution is 2.31. The van der Waals surface area contributed by atoms with Crippen molar-refractivity contribution < 1.29 is 4.74 Å². The standard InChI is InChI=1S/C9H10INOS/c1-13-9-4-8(7(10)5-11-9)12-6-2-3-6/h4-6H,2-3H2,1H3. The molecule has 1 aromatic rings. The van der Waals surface area contributed by atoms with E-state index >= 15 is 0 Å². The highest BCUT2D eigenvalue weighted by Gasteiger charge is 2.24. The Morgan fingerprint density at radius 2 is 2.38 bits per heavy atom. The second kappa shape index (κ2) is 4.04. The van der Waals surface area contributed by atoms with Crippen LogP contribution in [0.5, 0.6) is 5.75 Å². The smallest absolute Gasteiger partial charge is 0.137 e. The number of aromatic nitrogens is 1. The van der Waals surface area contributed by atoms with E-state index in [1.54, 1.807) is 11.8 Å². The van der Waals surface area contributed by atoms with Crippen LogP contribution in [-0.2, 0) is 0 Å². The molecule has 0 radical (unpaired) electrons. The first-order valence-corrected chi connectivity index (χ1v) is 6.46. The molecular formula is C9H10INOS. The highest BCUT2D eigenvalue weighted by atomic mass is 127. The molecule has 1 aliphatic carbocycles. The largest absolute Gasteiger partial charge is 0.489 e. The lowest BCUT2D eigenvalue weighted by Crippen LogP contribution is -1.98. The van der Waals surface area contributed by atoms with E-state index in [1.807, 2.05) is 18.5 Å². The predicted molar refractivity (Wildman–Crippen MR) is 62.4 cm³/mol. The van der Waals surface area contributed by atoms with Gasteiger partial charge in [0.25, 0.3) is 0 Å². The first-order chi connectivity index (χ1) is 6.29. The third-order valence-electron chi connectivity index (χ3n) is 1.82. The molecule has 0 aromatic carbocycles. The second-order valence-corrected chi connectivity index (χ2v) is 4.96. The summed E-state index contributed by atoms with van der Waals surface area (Å²) in [5.41, 5.74) is 0. The van der Waals surface area contributed by atoms with Crippen LogP contribution in [-0.4, -0.2) is 17.3 Å². The third-order valence-corrected chi connectivity index (χ3v) is 3.27. The molecule has 1 aliphatic rings. The van der Waals surface area contributed by atoms with Gasteiger partial charge in [-0.3, -0.25) is 0 Å². The molecule has 0 saturated heterocycles. The lowest BCUT2D eigenvalue weighted by atomic mass is 10.4. The van der Waals surface area contributed by atoms with Crippen LogP contribution in [0.2, 0.25) is 0 Å². The average Bonchev–Trinajstić information content (AvgIpc) is 2.93. The fourth-order valence-electron chi connectivity index (χ4n) is 0.970. The maximum Gasteiger partial charge on any atom is 0.137 e. The lowest BCUT2D eigenvalue weighted by molar-refractivity contribution is 0.299. The summed E-state index contributed by atoms with van der Waals surface area (Å²) in [6.07, 6.45) is 6.76. The van der Waals surface area contributed by atoms with Crippen molar-refractivity contribution in [1.82, 2.24) is 4.98 Å². The first-order valence-electron chi connectivity index (χ1n) is 4.16. The van der Waals surface area contributed by atoms with Crippen molar-refractivity contribution >= 4 is 34.4 Å². The van der Waals surface area contributed by atoms with Crippen molar-refractivity contribution in [3.63, 3.8) is 0 Å². The van der Waals surface area contributed by atoms with Crippen LogP contribution in [0.15, 0.2) is 17.3 Å². The van der Waals surface area contributed by atoms with Crippen molar-refractivity contribution in [2.45, 2.75) is 24.0 Å². The molecule has 2 rings (SSSR count). The van der Waals surface area contributed by atoms with Crippen molar-refractivity contribution in [3.8, 4) is 5.75 Å². The fourth-order valence-corrected chi connectivity index (χ4v) is 1.77. The minimum absolute atomic E-state index is 0.464. The summed E-state index contributed by atoms with van der Waals surface area (Å²) in [6, 6.07) is 2.02. The Bertz CT molecular complexity index is 314. The Morgan fingerprint density at radius 1 is 1.62 bits per heavy atom. The molecule has 0 unspecified atom stereocenters. The van der Waals surface area contributed by atoms with Crippen LogP contribution in [0, 0.1) is 3.57 Å². The zero-order valence-corrected chi connectivity index (χ0v) is 10.3. The summed E-state index contributed by atoms with van der Waals surface area (Å²) in [5, 5.41) is 1.02. The summed E-state index contributed by atoms with van der Waals surface area (Å²) >= 11 is 3.90. The molecule has 13 heavy (non-hydrogen) atoms. The fraction of sp³-hybridized carbons (Fsp3) is 0.444. The van der Waals surface area contributed by atoms with Gasteiger partial charge in [-0.1, -0.05) is 0 Å². The molecule has 0 aliphatic heterocycles. The van der Waals surface area contributed by atoms with Gasteiger partial charge in [-0.2, -0.15) is 0 Å². The maximum absolute atomic E-state index is 5.74. The maximum atomic E-state index is 5.74. The second-order valence-electron chi connectivity index (χ2n) is 2.97. The third kappa shape index (κ3) is 2.49. The van der Waals surface area contributed by atoms with Crippen LogP contribution in [0.4, 0.5) is 0 Å². The molecule has 1 saturated carbocycles. The SMILES string of the molecule is CSc1cc(OC2CC2)c(I)cn1. The van der Waals surface area contributed by atoms with Crippen LogP contribution < -0.4 is 4.74 Å². The number of pyridine rings is 1. The summed E-state index contributed by atoms with van der Waals surface area (Å²) in [5.74, 6) is 0.988. The van der Waals surface area contributed by atoms with Crippen molar-refractivity contribution in [3.05, 3.63) is 15.8 Å². The number of ether oxygens (including phenoxy) is 1. The molecule has 2 nitrogen and oxygen atoms in total. The number of halogens is 1. The van der Waals surface area contributed by atoms with E-state index in [-0.39, 0.29) is 0 Å². The van der Waals surface area contributed by atoms with Gasteiger partial charge in [0.15, 0.2) is 0 Å². The first kappa shape index (κ1) is 9.58. The van der Waals surface area contributed by atoms with Crippen molar-refractivity contribution in [1.29, 1.82) is 0 Å². The predicted octanol–water partition coefficient (Wildman–Crippen LogP) is 2.95. The Balaban J connectivity index is 2.19. The van der Waals surface area contributed by atoms with Gasteiger partial charge >= 0.3 is 0 Å². The monoisotopic (exact) mass is 307 g/mol. The summed E-state index contributed by atoms with van der Waals surface area (Å²) in [7, 11) is 0. The topological polar surface area (TPSA) is 22.1 Å². The summed E-state index contributed by atoms with van der Waals surface area (Å²) in [6.45, 7) is 0. The van der Waals surface area contributed by atoms with Gasteiger partial charge in [-0.15, -0.1) is 11.8 Å². The molecule has 0 atom stereocenters. The molecule has 0 bridgehead atoms. The van der Waals surface area contributed by atoms with E-state index in [1.165, 1.54) is 12.8 Å². The quantitative estimate of drug-likeness (QED) is 0.633. The summed E-state index contributed by atoms with van der Waals surface area (Å²) in [4.78, 5) is 4.26. The molecule has 0 N–H and O–H groups in total. The Morgan fingerprint density at radius 3 is 3.00 bits per heavy atom. The normalized spacial score (nSPS) is 15.8. The number of hydrogen-bond acceptors (Lipinski definition) is 3.